The van der Waals surface area contributed by atoms with Crippen LogP contribution in [-0.2, 0) is 27.5 Å². The molecule has 0 aliphatic carbocycles. The van der Waals surface area contributed by atoms with Crippen LogP contribution in [-0.4, -0.2) is 22.7 Å². The zero-order valence-electron chi connectivity index (χ0n) is 17.2. The molecule has 0 saturated carbocycles. The molecular formula is C25H25NO5. The first-order valence-corrected chi connectivity index (χ1v) is 9.92. The fourth-order valence-electron chi connectivity index (χ4n) is 3.04. The first kappa shape index (κ1) is 22.1. The lowest BCUT2D eigenvalue weighted by Gasteiger charge is -2.33. The van der Waals surface area contributed by atoms with E-state index >= 15 is 0 Å². The number of benzene rings is 3. The number of aliphatic hydroxyl groups excluding tert-OH is 1. The molecule has 6 nitrogen and oxygen atoms in total. The molecular weight excluding hydrogens is 394 g/mol. The maximum Gasteiger partial charge on any atom is 0.408 e. The summed E-state index contributed by atoms with van der Waals surface area (Å²) in [5, 5.41) is 13.5. The molecule has 0 fully saturated rings. The number of hydrogen-bond acceptors (Lipinski definition) is 5. The van der Waals surface area contributed by atoms with Crippen molar-refractivity contribution in [3.63, 3.8) is 0 Å². The molecule has 160 valence electrons. The highest BCUT2D eigenvalue weighted by molar-refractivity contribution is 5.86. The van der Waals surface area contributed by atoms with Crippen molar-refractivity contribution in [3.05, 3.63) is 108 Å². The normalized spacial score (nSPS) is 13.5. The third-order valence-electron chi connectivity index (χ3n) is 4.87. The standard InChI is InChI=1S/C25H25NO5/c1-25(22(27)21-15-9-4-10-16-21,23(28)30-17-19-11-5-2-6-12-19)26-24(29)31-18-20-13-7-3-8-14-20/h2-16,22,27H,17-18H2,1H3,(H,26,29)/t22-,25-/m0/s1. The number of carbonyl (C=O) groups excluding carboxylic acids is 2. The van der Waals surface area contributed by atoms with E-state index in [4.69, 9.17) is 9.47 Å². The molecule has 3 aromatic rings. The number of alkyl carbamates (subject to hydrolysis) is 1. The van der Waals surface area contributed by atoms with Crippen LogP contribution >= 0.6 is 0 Å². The van der Waals surface area contributed by atoms with Gasteiger partial charge in [-0.3, -0.25) is 0 Å². The van der Waals surface area contributed by atoms with Gasteiger partial charge in [0.2, 0.25) is 0 Å². The van der Waals surface area contributed by atoms with Gasteiger partial charge in [-0.05, 0) is 23.6 Å². The van der Waals surface area contributed by atoms with E-state index in [1.54, 1.807) is 30.3 Å². The molecule has 0 aliphatic rings. The average Bonchev–Trinajstić information content (AvgIpc) is 2.82. The van der Waals surface area contributed by atoms with Crippen molar-refractivity contribution in [3.8, 4) is 0 Å². The van der Waals surface area contributed by atoms with Crippen molar-refractivity contribution >= 4 is 12.1 Å². The van der Waals surface area contributed by atoms with Gasteiger partial charge in [0.15, 0.2) is 5.54 Å². The van der Waals surface area contributed by atoms with Crippen molar-refractivity contribution < 1.29 is 24.2 Å². The molecule has 0 unspecified atom stereocenters. The highest BCUT2D eigenvalue weighted by atomic mass is 16.6. The number of hydrogen-bond donors (Lipinski definition) is 2. The summed E-state index contributed by atoms with van der Waals surface area (Å²) in [6.45, 7) is 1.46. The topological polar surface area (TPSA) is 84.9 Å². The predicted molar refractivity (Wildman–Crippen MR) is 116 cm³/mol. The Labute approximate surface area is 181 Å². The summed E-state index contributed by atoms with van der Waals surface area (Å²) in [5.74, 6) is -0.774. The van der Waals surface area contributed by atoms with Crippen LogP contribution in [0.5, 0.6) is 0 Å². The minimum absolute atomic E-state index is 0.0114. The lowest BCUT2D eigenvalue weighted by atomic mass is 9.89. The molecule has 0 spiro atoms. The summed E-state index contributed by atoms with van der Waals surface area (Å²) >= 11 is 0. The molecule has 6 heteroatoms. The summed E-state index contributed by atoms with van der Waals surface area (Å²) in [4.78, 5) is 25.5. The second kappa shape index (κ2) is 10.4. The van der Waals surface area contributed by atoms with Crippen LogP contribution in [0.15, 0.2) is 91.0 Å². The number of ether oxygens (including phenoxy) is 2. The molecule has 0 aromatic heterocycles. The predicted octanol–water partition coefficient (Wildman–Crippen LogP) is 4.15. The molecule has 0 aliphatic heterocycles. The summed E-state index contributed by atoms with van der Waals surface area (Å²) in [6.07, 6.45) is -2.18. The highest BCUT2D eigenvalue weighted by Gasteiger charge is 2.45. The summed E-state index contributed by atoms with van der Waals surface area (Å²) in [7, 11) is 0. The van der Waals surface area contributed by atoms with Crippen molar-refractivity contribution in [2.45, 2.75) is 31.8 Å². The third kappa shape index (κ3) is 5.93. The smallest absolute Gasteiger partial charge is 0.408 e. The van der Waals surface area contributed by atoms with E-state index in [2.05, 4.69) is 5.32 Å². The zero-order chi connectivity index (χ0) is 22.1. The molecule has 1 amide bonds. The molecule has 2 N–H and O–H groups in total. The van der Waals surface area contributed by atoms with Crippen molar-refractivity contribution in [2.24, 2.45) is 0 Å². The Balaban J connectivity index is 1.74. The van der Waals surface area contributed by atoms with Crippen molar-refractivity contribution in [1.82, 2.24) is 5.32 Å². The second-order valence-corrected chi connectivity index (χ2v) is 7.26. The fraction of sp³-hybridized carbons (Fsp3) is 0.200. The Morgan fingerprint density at radius 2 is 1.26 bits per heavy atom. The van der Waals surface area contributed by atoms with Crippen LogP contribution < -0.4 is 5.32 Å². The first-order chi connectivity index (χ1) is 15.0. The summed E-state index contributed by atoms with van der Waals surface area (Å²) in [5.41, 5.74) is 0.294. The minimum atomic E-state index is -1.76. The summed E-state index contributed by atoms with van der Waals surface area (Å²) in [6, 6.07) is 26.9. The molecule has 3 rings (SSSR count). The van der Waals surface area contributed by atoms with Gasteiger partial charge in [-0.25, -0.2) is 9.59 Å². The van der Waals surface area contributed by atoms with Gasteiger partial charge < -0.3 is 19.9 Å². The van der Waals surface area contributed by atoms with Gasteiger partial charge in [-0.2, -0.15) is 0 Å². The zero-order valence-corrected chi connectivity index (χ0v) is 17.2. The Hall–Kier alpha value is -3.64. The van der Waals surface area contributed by atoms with Crippen LogP contribution in [0.3, 0.4) is 0 Å². The van der Waals surface area contributed by atoms with E-state index in [0.717, 1.165) is 11.1 Å². The van der Waals surface area contributed by atoms with E-state index in [-0.39, 0.29) is 13.2 Å². The van der Waals surface area contributed by atoms with E-state index in [9.17, 15) is 14.7 Å². The number of carbonyl (C=O) groups is 2. The highest BCUT2D eigenvalue weighted by Crippen LogP contribution is 2.28. The minimum Gasteiger partial charge on any atom is -0.459 e. The number of aliphatic hydroxyl groups is 1. The van der Waals surface area contributed by atoms with Crippen LogP contribution in [0.4, 0.5) is 4.79 Å². The lowest BCUT2D eigenvalue weighted by Crippen LogP contribution is -2.57. The Bertz CT molecular complexity index is 979. The summed E-state index contributed by atoms with van der Waals surface area (Å²) < 4.78 is 10.7. The Morgan fingerprint density at radius 1 is 0.806 bits per heavy atom. The van der Waals surface area contributed by atoms with Gasteiger partial charge in [0.1, 0.15) is 19.3 Å². The van der Waals surface area contributed by atoms with E-state index in [1.165, 1.54) is 6.92 Å². The maximum absolute atomic E-state index is 13.0. The monoisotopic (exact) mass is 419 g/mol. The Morgan fingerprint density at radius 3 is 1.77 bits per heavy atom. The van der Waals surface area contributed by atoms with Crippen molar-refractivity contribution in [1.29, 1.82) is 0 Å². The first-order valence-electron chi connectivity index (χ1n) is 9.92. The molecule has 0 radical (unpaired) electrons. The van der Waals surface area contributed by atoms with E-state index < -0.39 is 23.7 Å². The fourth-order valence-corrected chi connectivity index (χ4v) is 3.04. The second-order valence-electron chi connectivity index (χ2n) is 7.26. The van der Waals surface area contributed by atoms with Crippen LogP contribution in [0, 0.1) is 0 Å². The average molecular weight is 419 g/mol. The number of rotatable bonds is 8. The molecule has 0 saturated heterocycles. The largest absolute Gasteiger partial charge is 0.459 e. The van der Waals surface area contributed by atoms with E-state index in [1.807, 2.05) is 60.7 Å². The third-order valence-corrected chi connectivity index (χ3v) is 4.87. The van der Waals surface area contributed by atoms with Gasteiger partial charge >= 0.3 is 12.1 Å². The van der Waals surface area contributed by atoms with Crippen LogP contribution in [0.1, 0.15) is 29.7 Å². The van der Waals surface area contributed by atoms with Gasteiger partial charge in [-0.1, -0.05) is 91.0 Å². The van der Waals surface area contributed by atoms with Crippen LogP contribution in [0.25, 0.3) is 0 Å². The maximum atomic E-state index is 13.0. The quantitative estimate of drug-likeness (QED) is 0.536. The van der Waals surface area contributed by atoms with Gasteiger partial charge in [0, 0.05) is 0 Å². The van der Waals surface area contributed by atoms with Gasteiger partial charge in [0.05, 0.1) is 0 Å². The SMILES string of the molecule is C[C@@](NC(=O)OCc1ccccc1)(C(=O)OCc1ccccc1)[C@@H](O)c1ccccc1. The molecule has 2 atom stereocenters. The van der Waals surface area contributed by atoms with Crippen LogP contribution in [0.2, 0.25) is 0 Å². The van der Waals surface area contributed by atoms with Gasteiger partial charge in [-0.15, -0.1) is 0 Å². The molecule has 0 bridgehead atoms. The molecule has 0 heterocycles. The van der Waals surface area contributed by atoms with Gasteiger partial charge in [0.25, 0.3) is 0 Å². The van der Waals surface area contributed by atoms with Crippen molar-refractivity contribution in [2.75, 3.05) is 0 Å². The number of esters is 1. The van der Waals surface area contributed by atoms with E-state index in [0.29, 0.717) is 5.56 Å². The Kier molecular flexibility index (Phi) is 7.40. The number of amides is 1. The molecule has 3 aromatic carbocycles. The number of nitrogens with one attached hydrogen (secondary N) is 1. The molecule has 31 heavy (non-hydrogen) atoms. The lowest BCUT2D eigenvalue weighted by molar-refractivity contribution is -0.157.